The van der Waals surface area contributed by atoms with Gasteiger partial charge < -0.3 is 15.4 Å². The fourth-order valence-electron chi connectivity index (χ4n) is 3.72. The lowest BCUT2D eigenvalue weighted by atomic mass is 9.89. The number of rotatable bonds is 6. The smallest absolute Gasteiger partial charge is 0.220 e. The van der Waals surface area contributed by atoms with Gasteiger partial charge in [0, 0.05) is 23.5 Å². The van der Waals surface area contributed by atoms with Crippen molar-refractivity contribution in [3.05, 3.63) is 29.3 Å². The Morgan fingerprint density at radius 2 is 1.92 bits per heavy atom. The molecular formula is C18H26Cl2N2O2. The number of carbonyl (C=O) groups excluding carboxylic acids is 1. The van der Waals surface area contributed by atoms with Crippen LogP contribution >= 0.6 is 24.0 Å². The summed E-state index contributed by atoms with van der Waals surface area (Å²) in [5.74, 6) is 1.44. The van der Waals surface area contributed by atoms with E-state index in [9.17, 15) is 4.79 Å². The number of halogens is 2. The molecule has 2 fully saturated rings. The first-order valence-electron chi connectivity index (χ1n) is 8.53. The van der Waals surface area contributed by atoms with Crippen molar-refractivity contribution in [1.29, 1.82) is 0 Å². The first-order valence-corrected chi connectivity index (χ1v) is 8.91. The van der Waals surface area contributed by atoms with Crippen molar-refractivity contribution in [2.75, 3.05) is 6.54 Å². The van der Waals surface area contributed by atoms with Gasteiger partial charge in [-0.05, 0) is 62.8 Å². The van der Waals surface area contributed by atoms with Crippen LogP contribution in [-0.2, 0) is 4.79 Å². The van der Waals surface area contributed by atoms with Crippen LogP contribution in [-0.4, -0.2) is 30.6 Å². The van der Waals surface area contributed by atoms with E-state index in [0.717, 1.165) is 18.6 Å². The Kier molecular flexibility index (Phi) is 7.20. The predicted molar refractivity (Wildman–Crippen MR) is 99.1 cm³/mol. The Labute approximate surface area is 155 Å². The number of piperidine rings is 1. The topological polar surface area (TPSA) is 50.4 Å². The van der Waals surface area contributed by atoms with Gasteiger partial charge in [-0.15, -0.1) is 12.4 Å². The second-order valence-electron chi connectivity index (χ2n) is 6.87. The third-order valence-electron chi connectivity index (χ3n) is 4.78. The van der Waals surface area contributed by atoms with Crippen LogP contribution in [0.1, 0.15) is 39.0 Å². The highest BCUT2D eigenvalue weighted by atomic mass is 35.5. The number of benzene rings is 1. The summed E-state index contributed by atoms with van der Waals surface area (Å²) in [4.78, 5) is 12.1. The van der Waals surface area contributed by atoms with E-state index >= 15 is 0 Å². The van der Waals surface area contributed by atoms with Crippen molar-refractivity contribution < 1.29 is 9.53 Å². The third-order valence-corrected chi connectivity index (χ3v) is 5.03. The number of carbonyl (C=O) groups is 1. The summed E-state index contributed by atoms with van der Waals surface area (Å²) in [6.45, 7) is 2.49. The molecule has 2 aliphatic heterocycles. The maximum Gasteiger partial charge on any atom is 0.220 e. The molecule has 1 aromatic carbocycles. The molecule has 0 spiro atoms. The SMILES string of the molecule is CC(CNC(=O)CC1CC2CCC(C1)N2)Oc1ccc(Cl)cc1.Cl. The molecule has 3 atom stereocenters. The Hall–Kier alpha value is -0.970. The molecule has 3 rings (SSSR count). The average molecular weight is 373 g/mol. The first kappa shape index (κ1) is 19.4. The molecule has 0 saturated carbocycles. The number of fused-ring (bicyclic) bond motifs is 2. The van der Waals surface area contributed by atoms with Gasteiger partial charge in [0.25, 0.3) is 0 Å². The minimum atomic E-state index is -0.0654. The Morgan fingerprint density at radius 1 is 1.29 bits per heavy atom. The molecule has 2 N–H and O–H groups in total. The molecule has 2 saturated heterocycles. The highest BCUT2D eigenvalue weighted by molar-refractivity contribution is 6.30. The van der Waals surface area contributed by atoms with E-state index in [1.54, 1.807) is 12.1 Å². The summed E-state index contributed by atoms with van der Waals surface area (Å²) in [5, 5.41) is 7.30. The van der Waals surface area contributed by atoms with E-state index in [4.69, 9.17) is 16.3 Å². The van der Waals surface area contributed by atoms with Crippen molar-refractivity contribution in [3.8, 4) is 5.75 Å². The van der Waals surface area contributed by atoms with Crippen molar-refractivity contribution in [2.24, 2.45) is 5.92 Å². The van der Waals surface area contributed by atoms with Gasteiger partial charge in [-0.1, -0.05) is 11.6 Å². The van der Waals surface area contributed by atoms with Gasteiger partial charge in [0.05, 0.1) is 6.54 Å². The minimum absolute atomic E-state index is 0. The number of amides is 1. The molecule has 0 aliphatic carbocycles. The Balaban J connectivity index is 0.00000208. The second-order valence-corrected chi connectivity index (χ2v) is 7.30. The maximum atomic E-state index is 12.1. The fourth-order valence-corrected chi connectivity index (χ4v) is 3.85. The van der Waals surface area contributed by atoms with Crippen LogP contribution in [0.25, 0.3) is 0 Å². The largest absolute Gasteiger partial charge is 0.489 e. The number of ether oxygens (including phenoxy) is 1. The molecule has 24 heavy (non-hydrogen) atoms. The molecule has 134 valence electrons. The highest BCUT2D eigenvalue weighted by Gasteiger charge is 2.34. The monoisotopic (exact) mass is 372 g/mol. The molecule has 6 heteroatoms. The summed E-state index contributed by atoms with van der Waals surface area (Å²) in [7, 11) is 0. The van der Waals surface area contributed by atoms with Gasteiger partial charge in [-0.25, -0.2) is 0 Å². The van der Waals surface area contributed by atoms with E-state index in [0.29, 0.717) is 36.0 Å². The Bertz CT molecular complexity index is 526. The molecule has 2 bridgehead atoms. The zero-order valence-corrected chi connectivity index (χ0v) is 15.5. The van der Waals surface area contributed by atoms with Crippen LogP contribution in [0, 0.1) is 5.92 Å². The zero-order valence-electron chi connectivity index (χ0n) is 14.0. The molecule has 1 aromatic rings. The van der Waals surface area contributed by atoms with Gasteiger partial charge in [0.2, 0.25) is 5.91 Å². The van der Waals surface area contributed by atoms with E-state index in [1.165, 1.54) is 12.8 Å². The molecule has 2 aliphatic rings. The molecule has 4 nitrogen and oxygen atoms in total. The standard InChI is InChI=1S/C18H25ClN2O2.ClH/c1-12(23-17-6-2-14(19)3-7-17)11-20-18(22)10-13-8-15-4-5-16(9-13)21-15;/h2-3,6-7,12-13,15-16,21H,4-5,8-11H2,1H3,(H,20,22);1H. The zero-order chi connectivity index (χ0) is 16.2. The van der Waals surface area contributed by atoms with E-state index in [1.807, 2.05) is 19.1 Å². The molecule has 0 aromatic heterocycles. The molecule has 2 heterocycles. The minimum Gasteiger partial charge on any atom is -0.489 e. The lowest BCUT2D eigenvalue weighted by molar-refractivity contribution is -0.122. The van der Waals surface area contributed by atoms with Gasteiger partial charge >= 0.3 is 0 Å². The summed E-state index contributed by atoms with van der Waals surface area (Å²) >= 11 is 5.85. The van der Waals surface area contributed by atoms with Crippen molar-refractivity contribution in [3.63, 3.8) is 0 Å². The van der Waals surface area contributed by atoms with Crippen LogP contribution < -0.4 is 15.4 Å². The third kappa shape index (κ3) is 5.54. The van der Waals surface area contributed by atoms with Crippen LogP contribution in [0.4, 0.5) is 0 Å². The normalized spacial score (nSPS) is 26.3. The highest BCUT2D eigenvalue weighted by Crippen LogP contribution is 2.32. The van der Waals surface area contributed by atoms with E-state index in [-0.39, 0.29) is 24.4 Å². The average Bonchev–Trinajstić information content (AvgIpc) is 2.86. The molecule has 0 radical (unpaired) electrons. The summed E-state index contributed by atoms with van der Waals surface area (Å²) in [6.07, 6.45) is 5.40. The van der Waals surface area contributed by atoms with Gasteiger partial charge in [-0.2, -0.15) is 0 Å². The van der Waals surface area contributed by atoms with Crippen LogP contribution in [0.5, 0.6) is 5.75 Å². The predicted octanol–water partition coefficient (Wildman–Crippen LogP) is 3.57. The molecular weight excluding hydrogens is 347 g/mol. The van der Waals surface area contributed by atoms with E-state index in [2.05, 4.69) is 10.6 Å². The lowest BCUT2D eigenvalue weighted by Gasteiger charge is -2.28. The molecule has 3 unspecified atom stereocenters. The van der Waals surface area contributed by atoms with Crippen LogP contribution in [0.2, 0.25) is 5.02 Å². The van der Waals surface area contributed by atoms with Gasteiger partial charge in [0.1, 0.15) is 11.9 Å². The van der Waals surface area contributed by atoms with E-state index < -0.39 is 0 Å². The van der Waals surface area contributed by atoms with Crippen molar-refractivity contribution in [1.82, 2.24) is 10.6 Å². The fraction of sp³-hybridized carbons (Fsp3) is 0.611. The number of hydrogen-bond donors (Lipinski definition) is 2. The van der Waals surface area contributed by atoms with Crippen molar-refractivity contribution in [2.45, 2.75) is 57.2 Å². The van der Waals surface area contributed by atoms with Crippen molar-refractivity contribution >= 4 is 29.9 Å². The second kappa shape index (κ2) is 8.93. The molecule has 1 amide bonds. The number of nitrogens with one attached hydrogen (secondary N) is 2. The lowest BCUT2D eigenvalue weighted by Crippen LogP contribution is -2.40. The quantitative estimate of drug-likeness (QED) is 0.802. The first-order chi connectivity index (χ1) is 11.1. The van der Waals surface area contributed by atoms with Crippen LogP contribution in [0.15, 0.2) is 24.3 Å². The number of hydrogen-bond acceptors (Lipinski definition) is 3. The summed E-state index contributed by atoms with van der Waals surface area (Å²) in [6, 6.07) is 8.55. The van der Waals surface area contributed by atoms with Crippen LogP contribution in [0.3, 0.4) is 0 Å². The summed E-state index contributed by atoms with van der Waals surface area (Å²) in [5.41, 5.74) is 0. The van der Waals surface area contributed by atoms with Gasteiger partial charge in [-0.3, -0.25) is 4.79 Å². The maximum absolute atomic E-state index is 12.1. The summed E-state index contributed by atoms with van der Waals surface area (Å²) < 4.78 is 5.77. The van der Waals surface area contributed by atoms with Gasteiger partial charge in [0.15, 0.2) is 0 Å². The Morgan fingerprint density at radius 3 is 2.54 bits per heavy atom.